The van der Waals surface area contributed by atoms with Crippen LogP contribution in [0.15, 0.2) is 12.5 Å². The highest BCUT2D eigenvalue weighted by molar-refractivity contribution is 5.99. The van der Waals surface area contributed by atoms with Crippen molar-refractivity contribution in [3.05, 3.63) is 18.2 Å². The number of likely N-dealkylation sites (tertiary alicyclic amines) is 1. The van der Waals surface area contributed by atoms with Crippen molar-refractivity contribution >= 4 is 94.7 Å². The maximum atomic E-state index is 14.5. The molecule has 0 bridgehead atoms. The fourth-order valence-corrected chi connectivity index (χ4v) is 9.82. The van der Waals surface area contributed by atoms with Gasteiger partial charge >= 0.3 is 5.97 Å². The minimum atomic E-state index is -1.64. The van der Waals surface area contributed by atoms with E-state index in [4.69, 9.17) is 61.5 Å². The molecule has 1 aromatic rings. The van der Waals surface area contributed by atoms with E-state index < -0.39 is 157 Å². The van der Waals surface area contributed by atoms with E-state index in [-0.39, 0.29) is 140 Å². The number of H-pyrrole nitrogens is 1. The first-order valence-electron chi connectivity index (χ1n) is 31.7. The molecule has 96 heavy (non-hydrogen) atoms. The molecule has 1 aromatic heterocycles. The van der Waals surface area contributed by atoms with Crippen molar-refractivity contribution in [2.75, 3.05) is 58.9 Å². The summed E-state index contributed by atoms with van der Waals surface area (Å²) >= 11 is 0. The highest BCUT2D eigenvalue weighted by atomic mass is 16.4. The predicted molar refractivity (Wildman–Crippen MR) is 347 cm³/mol. The molecule has 9 atom stereocenters. The number of aliphatic carboxylic acids is 1. The molecule has 40 nitrogen and oxygen atoms in total. The molecule has 1 aliphatic rings. The third-order valence-electron chi connectivity index (χ3n) is 14.8. The Morgan fingerprint density at radius 2 is 0.948 bits per heavy atom. The maximum Gasteiger partial charge on any atom is 0.322 e. The number of nitrogens with two attached hydrogens (primary N) is 7. The van der Waals surface area contributed by atoms with Crippen molar-refractivity contribution < 1.29 is 67.4 Å². The number of guanidine groups is 3. The number of unbranched alkanes of at least 4 members (excludes halogenated alkanes) is 2. The van der Waals surface area contributed by atoms with Crippen molar-refractivity contribution in [3.63, 3.8) is 0 Å². The highest BCUT2D eigenvalue weighted by Crippen LogP contribution is 2.19. The molecule has 40 heteroatoms. The Kier molecular flexibility index (Phi) is 38.8. The van der Waals surface area contributed by atoms with Gasteiger partial charge in [-0.3, -0.25) is 78.6 Å². The Balaban J connectivity index is 2.42. The van der Waals surface area contributed by atoms with E-state index in [1.54, 1.807) is 0 Å². The average Bonchev–Trinajstić information content (AvgIpc) is 1.58. The smallest absolute Gasteiger partial charge is 0.322 e. The van der Waals surface area contributed by atoms with Crippen LogP contribution in [-0.2, 0) is 68.7 Å². The summed E-state index contributed by atoms with van der Waals surface area (Å²) in [7, 11) is 0. The number of carboxylic acids is 1. The zero-order chi connectivity index (χ0) is 71.7. The molecule has 12 amide bonds. The Morgan fingerprint density at radius 1 is 0.531 bits per heavy atom. The first-order chi connectivity index (χ1) is 45.6. The number of hydrogen-bond donors (Lipinski definition) is 25. The summed E-state index contributed by atoms with van der Waals surface area (Å²) < 4.78 is 0. The standard InChI is InChI=1S/C56H100N26O14/c1-2-3-11-34(76-49(92)37(16-9-22-70-56(65)66)79-50(93)36(15-8-21-69-55(63)64)78-47(90)33(74-42(84)26-59)14-7-20-68-54(61)62)48(91)77-35(13-6-19-58)51(94)80-38(24-31-27-67-30-73-31)46(89)71-28-43(85)82-23-10-17-40(82)53(96)81-39(25-41(60)83)52(95)75-32(12-4-5-18-57)45(88)72-29-44(86)87/h27,30,32-40H,2-26,28-29,57-59H2,1H3,(H2,60,83)(H,67,73)(H,71,89)(H,72,88)(H,74,84)(H,75,95)(H,76,92)(H,77,91)(H,78,90)(H,79,93)(H,80,94)(H,81,96)(H,86,87)(H4,61,62,68)(H4,63,64,69)(H4,65,66,70)/t32-,33-,34-,35-,36-,37-,38-,39-,40-/m0/s1. The quantitative estimate of drug-likeness (QED) is 0.0164. The van der Waals surface area contributed by atoms with Crippen molar-refractivity contribution in [2.24, 2.45) is 40.1 Å². The number of aromatic nitrogens is 2. The monoisotopic (exact) mass is 1360 g/mol. The largest absolute Gasteiger partial charge is 0.480 e. The number of primary amides is 1. The van der Waals surface area contributed by atoms with E-state index >= 15 is 0 Å². The molecule has 32 N–H and O–H groups in total. The van der Waals surface area contributed by atoms with Crippen LogP contribution in [0.1, 0.15) is 122 Å². The number of imidazole rings is 1. The number of carbonyl (C=O) groups excluding carboxylic acids is 12. The maximum absolute atomic E-state index is 14.5. The Labute approximate surface area is 554 Å². The summed E-state index contributed by atoms with van der Waals surface area (Å²) in [5, 5.41) is 64.8. The topological polar surface area (TPSA) is 684 Å². The van der Waals surface area contributed by atoms with Gasteiger partial charge in [0.05, 0.1) is 31.5 Å². The summed E-state index contributed by atoms with van der Waals surface area (Å²) in [6.45, 7) is 0.491. The molecule has 2 heterocycles. The fraction of sp³-hybridized carbons (Fsp3) is 0.661. The lowest BCUT2D eigenvalue weighted by atomic mass is 10.0. The summed E-state index contributed by atoms with van der Waals surface area (Å²) in [5.74, 6) is -12.8. The van der Waals surface area contributed by atoms with Gasteiger partial charge in [-0.15, -0.1) is 0 Å². The number of nitrogens with one attached hydrogen (secondary N) is 17. The second kappa shape index (κ2) is 45.4. The minimum absolute atomic E-state index is 0.0138. The van der Waals surface area contributed by atoms with Crippen molar-refractivity contribution in [1.29, 1.82) is 16.2 Å². The van der Waals surface area contributed by atoms with Crippen LogP contribution >= 0.6 is 0 Å². The number of rotatable bonds is 48. The van der Waals surface area contributed by atoms with Crippen LogP contribution in [0, 0.1) is 16.2 Å². The van der Waals surface area contributed by atoms with Gasteiger partial charge in [-0.05, 0) is 103 Å². The Morgan fingerprint density at radius 3 is 1.38 bits per heavy atom. The van der Waals surface area contributed by atoms with Crippen LogP contribution in [0.25, 0.3) is 0 Å². The van der Waals surface area contributed by atoms with Gasteiger partial charge in [0.1, 0.15) is 60.9 Å². The SMILES string of the molecule is CCCC[C@H](NC(=O)[C@H](CCCNC(=N)N)NC(=O)[C@H](CCCNC(=N)N)NC(=O)[C@H](CCCNC(=N)N)NC(=O)CN)C(=O)N[C@@H](CCCN)C(=O)N[C@@H](Cc1c[nH]cn1)C(=O)NCC(=O)N1CCC[C@H]1C(=O)N[C@@H](CC(N)=O)C(=O)N[C@@H](CCCCN)C(=O)NCC(=O)O. The molecular formula is C56H100N26O14. The van der Waals surface area contributed by atoms with E-state index in [1.807, 2.05) is 6.92 Å². The van der Waals surface area contributed by atoms with Gasteiger partial charge < -0.3 is 124 Å². The molecule has 0 unspecified atom stereocenters. The first-order valence-corrected chi connectivity index (χ1v) is 31.7. The Hall–Kier alpha value is -9.99. The number of amides is 12. The lowest BCUT2D eigenvalue weighted by Gasteiger charge is -2.28. The normalized spacial score (nSPS) is 14.9. The van der Waals surface area contributed by atoms with Crippen LogP contribution in [0.4, 0.5) is 0 Å². The summed E-state index contributed by atoms with van der Waals surface area (Å²) in [6, 6.07) is -12.4. The molecular weight excluding hydrogens is 1260 g/mol. The summed E-state index contributed by atoms with van der Waals surface area (Å²) in [6.07, 6.45) is 4.25. The molecule has 0 aliphatic carbocycles. The van der Waals surface area contributed by atoms with Crippen molar-refractivity contribution in [2.45, 2.75) is 177 Å². The van der Waals surface area contributed by atoms with E-state index in [9.17, 15) is 62.3 Å². The van der Waals surface area contributed by atoms with Crippen LogP contribution in [-0.4, -0.2) is 228 Å². The molecule has 538 valence electrons. The summed E-state index contributed by atoms with van der Waals surface area (Å²) in [5.41, 5.74) is 39.0. The van der Waals surface area contributed by atoms with Gasteiger partial charge in [-0.25, -0.2) is 4.98 Å². The second-order valence-electron chi connectivity index (χ2n) is 22.6. The number of hydrogen-bond acceptors (Lipinski definition) is 20. The van der Waals surface area contributed by atoms with Crippen molar-refractivity contribution in [3.8, 4) is 0 Å². The average molecular weight is 1360 g/mol. The molecule has 1 aliphatic heterocycles. The van der Waals surface area contributed by atoms with E-state index in [1.165, 1.54) is 12.5 Å². The number of carboxylic acid groups (broad SMARTS) is 1. The number of aromatic amines is 1. The lowest BCUT2D eigenvalue weighted by molar-refractivity contribution is -0.140. The van der Waals surface area contributed by atoms with Gasteiger partial charge in [-0.2, -0.15) is 0 Å². The summed E-state index contributed by atoms with van der Waals surface area (Å²) in [4.78, 5) is 184. The van der Waals surface area contributed by atoms with Crippen molar-refractivity contribution in [1.82, 2.24) is 84.0 Å². The highest BCUT2D eigenvalue weighted by Gasteiger charge is 2.39. The van der Waals surface area contributed by atoms with Gasteiger partial charge in [0.15, 0.2) is 17.9 Å². The molecule has 0 spiro atoms. The second-order valence-corrected chi connectivity index (χ2v) is 22.6. The van der Waals surface area contributed by atoms with E-state index in [0.717, 1.165) is 4.90 Å². The van der Waals surface area contributed by atoms with Crippen LogP contribution in [0.3, 0.4) is 0 Å². The first kappa shape index (κ1) is 82.1. The third-order valence-corrected chi connectivity index (χ3v) is 14.8. The molecule has 0 saturated carbocycles. The molecule has 2 rings (SSSR count). The zero-order valence-corrected chi connectivity index (χ0v) is 54.1. The van der Waals surface area contributed by atoms with E-state index in [0.29, 0.717) is 32.1 Å². The van der Waals surface area contributed by atoms with Gasteiger partial charge in [0.2, 0.25) is 70.9 Å². The van der Waals surface area contributed by atoms with Crippen LogP contribution in [0.5, 0.6) is 0 Å². The molecule has 0 radical (unpaired) electrons. The van der Waals surface area contributed by atoms with Crippen LogP contribution in [0.2, 0.25) is 0 Å². The number of nitrogens with zero attached hydrogens (tertiary/aromatic N) is 2. The fourth-order valence-electron chi connectivity index (χ4n) is 9.82. The third kappa shape index (κ3) is 32.7. The van der Waals surface area contributed by atoms with E-state index in [2.05, 4.69) is 79.1 Å². The molecule has 0 aromatic carbocycles. The van der Waals surface area contributed by atoms with Gasteiger partial charge in [-0.1, -0.05) is 19.8 Å². The lowest BCUT2D eigenvalue weighted by Crippen LogP contribution is -2.60. The molecule has 1 saturated heterocycles. The Bertz CT molecular complexity index is 2780. The predicted octanol–water partition coefficient (Wildman–Crippen LogP) is -9.18. The van der Waals surface area contributed by atoms with Gasteiger partial charge in [0, 0.05) is 38.8 Å². The molecule has 1 fully saturated rings. The van der Waals surface area contributed by atoms with Gasteiger partial charge in [0.25, 0.3) is 0 Å². The van der Waals surface area contributed by atoms with Crippen LogP contribution < -0.4 is 109 Å². The number of carbonyl (C=O) groups is 13. The minimum Gasteiger partial charge on any atom is -0.480 e. The zero-order valence-electron chi connectivity index (χ0n) is 54.1.